The Hall–Kier alpha value is -5.11. The summed E-state index contributed by atoms with van der Waals surface area (Å²) in [5.41, 5.74) is -2.87. The van der Waals surface area contributed by atoms with Crippen molar-refractivity contribution < 1.29 is 49.8 Å². The Morgan fingerprint density at radius 3 is 2.18 bits per heavy atom. The highest BCUT2D eigenvalue weighted by molar-refractivity contribution is 7.99. The molecule has 0 radical (unpaired) electrons. The fourth-order valence-electron chi connectivity index (χ4n) is 8.03. The van der Waals surface area contributed by atoms with Crippen molar-refractivity contribution in [2.45, 2.75) is 77.3 Å². The van der Waals surface area contributed by atoms with Crippen LogP contribution in [-0.2, 0) is 24.7 Å². The summed E-state index contributed by atoms with van der Waals surface area (Å²) in [5, 5.41) is 24.0. The fourth-order valence-corrected chi connectivity index (χ4v) is 11.2. The number of alkyl halides is 3. The van der Waals surface area contributed by atoms with Crippen molar-refractivity contribution in [3.8, 4) is 11.1 Å². The predicted molar refractivity (Wildman–Crippen MR) is 260 cm³/mol. The van der Waals surface area contributed by atoms with E-state index in [0.717, 1.165) is 45.8 Å². The zero-order chi connectivity index (χ0) is 49.1. The number of hydrogen-bond donors (Lipinski definition) is 4. The largest absolute Gasteiger partial charge is 0.501 e. The van der Waals surface area contributed by atoms with Gasteiger partial charge in [0.1, 0.15) is 4.90 Å². The monoisotopic (exact) mass is 1010 g/mol. The van der Waals surface area contributed by atoms with Crippen molar-refractivity contribution in [2.24, 2.45) is 5.92 Å². The van der Waals surface area contributed by atoms with Crippen LogP contribution in [0.2, 0.25) is 5.02 Å². The number of carbonyl (C=O) groups excluding carboxylic acids is 1. The summed E-state index contributed by atoms with van der Waals surface area (Å²) in [4.78, 5) is 26.9. The lowest BCUT2D eigenvalue weighted by Crippen LogP contribution is -2.36. The fraction of sp³-hybridized carbons (Fsp3) is 0.347. The zero-order valence-electron chi connectivity index (χ0n) is 37.2. The molecule has 0 spiro atoms. The topological polar surface area (TPSA) is 173 Å². The summed E-state index contributed by atoms with van der Waals surface area (Å²) in [6.07, 6.45) is 2.98. The molecule has 0 aliphatic carbocycles. The number of rotatable bonds is 22. The molecule has 5 aromatic rings. The number of carboxylic acids is 1. The van der Waals surface area contributed by atoms with Crippen LogP contribution in [0.3, 0.4) is 0 Å². The van der Waals surface area contributed by atoms with Crippen molar-refractivity contribution in [2.75, 3.05) is 49.2 Å². The van der Waals surface area contributed by atoms with Gasteiger partial charge in [-0.3, -0.25) is 9.59 Å². The maximum atomic E-state index is 14.2. The number of carbonyl (C=O) groups is 2. The first-order valence-electron chi connectivity index (χ1n) is 22.1. The second-order valence-electron chi connectivity index (χ2n) is 16.7. The Balaban J connectivity index is 1.12. The van der Waals surface area contributed by atoms with E-state index in [4.69, 9.17) is 16.7 Å². The molecule has 2 atom stereocenters. The molecule has 1 fully saturated rings. The Kier molecular flexibility index (Phi) is 18.0. The standard InChI is InChI=1S/C49H54ClF3N4O8S3/c1-56(28-9-3-6-14-46(58)59)29-27-38(33-66-40-10-4-2-5-11-40)54-44-24-23-41(32-45(44)67(62,63)49(51,52)53)68(64,65)55-48(61)36-17-21-39(22-18-36)57-30-25-35(26-31-57)47(60)43-13-8-7-12-42(43)34-15-19-37(50)20-16-34/h2,4-5,7-8,10-13,15-24,32,35,38,47,54,60H,3,6,9,14,25-31,33H2,1H3,(H,55,61)(H,58,59). The first-order valence-corrected chi connectivity index (χ1v) is 26.4. The molecule has 1 aliphatic heterocycles. The third-order valence-corrected chi connectivity index (χ3v) is 16.1. The number of aliphatic hydroxyl groups is 1. The molecule has 0 bridgehead atoms. The number of hydrogen-bond acceptors (Lipinski definition) is 11. The molecule has 1 aliphatic rings. The van der Waals surface area contributed by atoms with E-state index in [1.54, 1.807) is 24.3 Å². The number of aliphatic hydroxyl groups excluding tert-OH is 1. The van der Waals surface area contributed by atoms with E-state index in [0.29, 0.717) is 75.1 Å². The highest BCUT2D eigenvalue weighted by Crippen LogP contribution is 2.39. The smallest absolute Gasteiger partial charge is 0.481 e. The number of amides is 1. The van der Waals surface area contributed by atoms with Crippen molar-refractivity contribution in [3.05, 3.63) is 137 Å². The second kappa shape index (κ2) is 23.5. The number of piperidine rings is 1. The second-order valence-corrected chi connectivity index (χ2v) is 21.8. The molecule has 364 valence electrons. The number of benzene rings is 5. The molecule has 6 rings (SSSR count). The van der Waals surface area contributed by atoms with Gasteiger partial charge in [-0.15, -0.1) is 11.8 Å². The van der Waals surface area contributed by atoms with Gasteiger partial charge in [-0.1, -0.05) is 72.6 Å². The van der Waals surface area contributed by atoms with E-state index in [-0.39, 0.29) is 17.9 Å². The summed E-state index contributed by atoms with van der Waals surface area (Å²) in [7, 11) is -9.16. The molecule has 0 saturated carbocycles. The normalized spacial score (nSPS) is 14.7. The summed E-state index contributed by atoms with van der Waals surface area (Å²) < 4.78 is 97.9. The molecule has 12 nitrogen and oxygen atoms in total. The minimum atomic E-state index is -6.11. The molecule has 68 heavy (non-hydrogen) atoms. The van der Waals surface area contributed by atoms with Gasteiger partial charge in [0.05, 0.1) is 16.7 Å². The lowest BCUT2D eigenvalue weighted by molar-refractivity contribution is -0.137. The Labute approximate surface area is 404 Å². The van der Waals surface area contributed by atoms with Gasteiger partial charge in [-0.2, -0.15) is 13.2 Å². The number of anilines is 2. The number of unbranched alkanes of at least 4 members (excludes halogenated alkanes) is 2. The van der Waals surface area contributed by atoms with Crippen molar-refractivity contribution in [3.63, 3.8) is 0 Å². The summed E-state index contributed by atoms with van der Waals surface area (Å²) in [6.45, 7) is 2.28. The molecule has 4 N–H and O–H groups in total. The molecule has 1 amide bonds. The summed E-state index contributed by atoms with van der Waals surface area (Å²) >= 11 is 7.50. The molecule has 0 aromatic heterocycles. The maximum absolute atomic E-state index is 14.2. The van der Waals surface area contributed by atoms with Gasteiger partial charge in [-0.25, -0.2) is 21.6 Å². The molecule has 1 heterocycles. The van der Waals surface area contributed by atoms with E-state index in [1.807, 2.05) is 83.4 Å². The zero-order valence-corrected chi connectivity index (χ0v) is 40.4. The maximum Gasteiger partial charge on any atom is 0.501 e. The quantitative estimate of drug-likeness (QED) is 0.0383. The van der Waals surface area contributed by atoms with Gasteiger partial charge in [0.2, 0.25) is 0 Å². The summed E-state index contributed by atoms with van der Waals surface area (Å²) in [5.74, 6) is -1.68. The number of nitrogens with zero attached hydrogens (tertiary/aromatic N) is 2. The van der Waals surface area contributed by atoms with Gasteiger partial charge in [0.15, 0.2) is 0 Å². The lowest BCUT2D eigenvalue weighted by Gasteiger charge is -2.36. The van der Waals surface area contributed by atoms with Crippen LogP contribution < -0.4 is 14.9 Å². The average molecular weight is 1020 g/mol. The minimum absolute atomic E-state index is 0.0290. The van der Waals surface area contributed by atoms with Crippen LogP contribution in [0.5, 0.6) is 0 Å². The molecular weight excluding hydrogens is 961 g/mol. The van der Waals surface area contributed by atoms with Crippen LogP contribution in [0.15, 0.2) is 136 Å². The Morgan fingerprint density at radius 1 is 0.853 bits per heavy atom. The number of sulfonamides is 1. The van der Waals surface area contributed by atoms with Crippen LogP contribution in [0, 0.1) is 5.92 Å². The van der Waals surface area contributed by atoms with Crippen LogP contribution in [0.4, 0.5) is 24.5 Å². The number of halogens is 4. The molecule has 5 aromatic carbocycles. The number of thioether (sulfide) groups is 1. The average Bonchev–Trinajstić information content (AvgIpc) is 3.32. The molecule has 1 saturated heterocycles. The van der Waals surface area contributed by atoms with Crippen LogP contribution in [0.25, 0.3) is 11.1 Å². The lowest BCUT2D eigenvalue weighted by atomic mass is 9.84. The number of carboxylic acid groups (broad SMARTS) is 1. The van der Waals surface area contributed by atoms with Gasteiger partial charge in [-0.05, 0) is 142 Å². The van der Waals surface area contributed by atoms with E-state index in [1.165, 1.54) is 23.9 Å². The van der Waals surface area contributed by atoms with E-state index in [9.17, 15) is 44.7 Å². The highest BCUT2D eigenvalue weighted by atomic mass is 35.5. The van der Waals surface area contributed by atoms with Crippen LogP contribution >= 0.6 is 23.4 Å². The van der Waals surface area contributed by atoms with Gasteiger partial charge < -0.3 is 25.3 Å². The van der Waals surface area contributed by atoms with E-state index < -0.39 is 64.9 Å². The molecule has 2 unspecified atom stereocenters. The highest BCUT2D eigenvalue weighted by Gasteiger charge is 2.48. The van der Waals surface area contributed by atoms with E-state index in [2.05, 4.69) is 10.2 Å². The minimum Gasteiger partial charge on any atom is -0.481 e. The number of sulfone groups is 1. The third-order valence-electron chi connectivity index (χ3n) is 11.8. The van der Waals surface area contributed by atoms with E-state index >= 15 is 0 Å². The number of aliphatic carboxylic acids is 1. The first kappa shape index (κ1) is 52.3. The first-order chi connectivity index (χ1) is 32.3. The van der Waals surface area contributed by atoms with Gasteiger partial charge >= 0.3 is 11.5 Å². The van der Waals surface area contributed by atoms with Crippen molar-refractivity contribution >= 4 is 66.5 Å². The molecular formula is C49H54ClF3N4O8S3. The van der Waals surface area contributed by atoms with Gasteiger partial charge in [0, 0.05) is 52.5 Å². The number of nitrogens with one attached hydrogen (secondary N) is 2. The third kappa shape index (κ3) is 14.0. The van der Waals surface area contributed by atoms with Crippen LogP contribution in [0.1, 0.15) is 67.0 Å². The predicted octanol–water partition coefficient (Wildman–Crippen LogP) is 9.91. The Bertz CT molecular complexity index is 2710. The van der Waals surface area contributed by atoms with Crippen molar-refractivity contribution in [1.82, 2.24) is 9.62 Å². The van der Waals surface area contributed by atoms with Crippen LogP contribution in [-0.4, -0.2) is 94.4 Å². The SMILES string of the molecule is CN(CCCCCC(=O)O)CCC(CSc1ccccc1)Nc1ccc(S(=O)(=O)NC(=O)c2ccc(N3CCC(C(O)c4ccccc4-c4ccc(Cl)cc4)CC3)cc2)cc1S(=O)(=O)C(F)(F)F. The van der Waals surface area contributed by atoms with Crippen molar-refractivity contribution in [1.29, 1.82) is 0 Å². The van der Waals surface area contributed by atoms with Gasteiger partial charge in [0.25, 0.3) is 25.8 Å². The molecule has 19 heteroatoms. The summed E-state index contributed by atoms with van der Waals surface area (Å²) in [6, 6.07) is 32.2. The Morgan fingerprint density at radius 2 is 1.51 bits per heavy atom.